The molecule has 4 nitrogen and oxygen atoms in total. The van der Waals surface area contributed by atoms with Crippen molar-refractivity contribution in [3.63, 3.8) is 0 Å². The number of H-pyrrole nitrogens is 1. The first-order valence-electron chi connectivity index (χ1n) is 6.94. The summed E-state index contributed by atoms with van der Waals surface area (Å²) in [6.07, 6.45) is 1.82. The first-order chi connectivity index (χ1) is 10.3. The molecule has 1 aromatic heterocycles. The van der Waals surface area contributed by atoms with Crippen molar-refractivity contribution in [3.8, 4) is 11.5 Å². The van der Waals surface area contributed by atoms with E-state index in [1.165, 1.54) is 5.56 Å². The van der Waals surface area contributed by atoms with Gasteiger partial charge in [0.25, 0.3) is 0 Å². The van der Waals surface area contributed by atoms with E-state index in [1.54, 1.807) is 14.2 Å². The lowest BCUT2D eigenvalue weighted by Crippen LogP contribution is -1.93. The van der Waals surface area contributed by atoms with Crippen LogP contribution in [0.2, 0.25) is 0 Å². The average molecular weight is 282 g/mol. The van der Waals surface area contributed by atoms with E-state index >= 15 is 0 Å². The quantitative estimate of drug-likeness (QED) is 0.780. The van der Waals surface area contributed by atoms with Crippen LogP contribution in [0.3, 0.4) is 0 Å². The number of methoxy groups -OCH3 is 2. The fourth-order valence-electron chi connectivity index (χ4n) is 2.34. The van der Waals surface area contributed by atoms with Crippen molar-refractivity contribution in [2.45, 2.75) is 12.8 Å². The zero-order valence-corrected chi connectivity index (χ0v) is 12.2. The van der Waals surface area contributed by atoms with Gasteiger partial charge in [-0.1, -0.05) is 12.1 Å². The minimum absolute atomic E-state index is 0.841. The van der Waals surface area contributed by atoms with Gasteiger partial charge >= 0.3 is 0 Å². The molecule has 0 aliphatic rings. The Labute approximate surface area is 123 Å². The molecule has 2 aromatic carbocycles. The standard InChI is InChI=1S/C17H18N2O2/c1-20-13-6-3-12(4-7-13)5-10-17-18-15-9-8-14(21-2)11-16(15)19-17/h3-4,6-9,11H,5,10H2,1-2H3,(H,18,19). The molecule has 0 aliphatic heterocycles. The van der Waals surface area contributed by atoms with Crippen LogP contribution in [0.25, 0.3) is 11.0 Å². The number of aromatic nitrogens is 2. The Morgan fingerprint density at radius 1 is 0.905 bits per heavy atom. The zero-order chi connectivity index (χ0) is 14.7. The van der Waals surface area contributed by atoms with Gasteiger partial charge in [-0.25, -0.2) is 4.98 Å². The van der Waals surface area contributed by atoms with Gasteiger partial charge in [0, 0.05) is 12.5 Å². The van der Waals surface area contributed by atoms with Crippen molar-refractivity contribution in [1.82, 2.24) is 9.97 Å². The summed E-state index contributed by atoms with van der Waals surface area (Å²) < 4.78 is 10.4. The van der Waals surface area contributed by atoms with Crippen molar-refractivity contribution < 1.29 is 9.47 Å². The molecule has 0 amide bonds. The molecule has 0 spiro atoms. The van der Waals surface area contributed by atoms with E-state index in [0.29, 0.717) is 0 Å². The molecule has 3 rings (SSSR count). The van der Waals surface area contributed by atoms with Crippen molar-refractivity contribution in [3.05, 3.63) is 53.9 Å². The maximum Gasteiger partial charge on any atom is 0.121 e. The Balaban J connectivity index is 1.72. The second-order valence-electron chi connectivity index (χ2n) is 4.91. The summed E-state index contributed by atoms with van der Waals surface area (Å²) >= 11 is 0. The number of rotatable bonds is 5. The number of nitrogens with zero attached hydrogens (tertiary/aromatic N) is 1. The van der Waals surface area contributed by atoms with Gasteiger partial charge < -0.3 is 14.5 Å². The molecule has 1 N–H and O–H groups in total. The SMILES string of the molecule is COc1ccc(CCc2nc3ccc(OC)cc3[nH]2)cc1. The van der Waals surface area contributed by atoms with E-state index < -0.39 is 0 Å². The van der Waals surface area contributed by atoms with Crippen LogP contribution < -0.4 is 9.47 Å². The number of hydrogen-bond acceptors (Lipinski definition) is 3. The lowest BCUT2D eigenvalue weighted by molar-refractivity contribution is 0.414. The van der Waals surface area contributed by atoms with Crippen LogP contribution in [0.15, 0.2) is 42.5 Å². The predicted molar refractivity (Wildman–Crippen MR) is 83.0 cm³/mol. The van der Waals surface area contributed by atoms with Gasteiger partial charge in [-0.3, -0.25) is 0 Å². The highest BCUT2D eigenvalue weighted by molar-refractivity contribution is 5.76. The third-order valence-electron chi connectivity index (χ3n) is 3.55. The molecule has 0 fully saturated rings. The highest BCUT2D eigenvalue weighted by Gasteiger charge is 2.04. The maximum absolute atomic E-state index is 5.22. The summed E-state index contributed by atoms with van der Waals surface area (Å²) in [5, 5.41) is 0. The van der Waals surface area contributed by atoms with Gasteiger partial charge in [-0.2, -0.15) is 0 Å². The molecule has 0 atom stereocenters. The zero-order valence-electron chi connectivity index (χ0n) is 12.2. The van der Waals surface area contributed by atoms with Crippen molar-refractivity contribution in [2.75, 3.05) is 14.2 Å². The smallest absolute Gasteiger partial charge is 0.121 e. The Kier molecular flexibility index (Phi) is 3.77. The maximum atomic E-state index is 5.22. The Hall–Kier alpha value is -2.49. The highest BCUT2D eigenvalue weighted by atomic mass is 16.5. The first kappa shape index (κ1) is 13.5. The van der Waals surface area contributed by atoms with Crippen LogP contribution in [-0.4, -0.2) is 24.2 Å². The van der Waals surface area contributed by atoms with Crippen LogP contribution in [0.5, 0.6) is 11.5 Å². The number of aryl methyl sites for hydroxylation is 2. The number of ether oxygens (including phenoxy) is 2. The second kappa shape index (κ2) is 5.87. The van der Waals surface area contributed by atoms with Crippen molar-refractivity contribution in [1.29, 1.82) is 0 Å². The minimum Gasteiger partial charge on any atom is -0.497 e. The van der Waals surface area contributed by atoms with Crippen LogP contribution in [0.1, 0.15) is 11.4 Å². The third-order valence-corrected chi connectivity index (χ3v) is 3.55. The van der Waals surface area contributed by atoms with E-state index in [1.807, 2.05) is 30.3 Å². The monoisotopic (exact) mass is 282 g/mol. The lowest BCUT2D eigenvalue weighted by atomic mass is 10.1. The van der Waals surface area contributed by atoms with Gasteiger partial charge in [-0.05, 0) is 36.2 Å². The summed E-state index contributed by atoms with van der Waals surface area (Å²) in [6.45, 7) is 0. The Bertz CT molecular complexity index is 732. The molecule has 21 heavy (non-hydrogen) atoms. The summed E-state index contributed by atoms with van der Waals surface area (Å²) in [7, 11) is 3.35. The number of benzene rings is 2. The molecule has 0 aliphatic carbocycles. The number of aromatic amines is 1. The van der Waals surface area contributed by atoms with Gasteiger partial charge in [-0.15, -0.1) is 0 Å². The van der Waals surface area contributed by atoms with Gasteiger partial charge in [0.2, 0.25) is 0 Å². The summed E-state index contributed by atoms with van der Waals surface area (Å²) in [5.74, 6) is 2.72. The number of fused-ring (bicyclic) bond motifs is 1. The first-order valence-corrected chi connectivity index (χ1v) is 6.94. The lowest BCUT2D eigenvalue weighted by Gasteiger charge is -2.02. The van der Waals surface area contributed by atoms with Gasteiger partial charge in [0.1, 0.15) is 17.3 Å². The number of imidazole rings is 1. The Morgan fingerprint density at radius 2 is 1.62 bits per heavy atom. The highest BCUT2D eigenvalue weighted by Crippen LogP contribution is 2.19. The molecule has 108 valence electrons. The topological polar surface area (TPSA) is 47.1 Å². The van der Waals surface area contributed by atoms with Crippen LogP contribution >= 0.6 is 0 Å². The van der Waals surface area contributed by atoms with E-state index in [0.717, 1.165) is 41.2 Å². The van der Waals surface area contributed by atoms with Gasteiger partial charge in [0.05, 0.1) is 25.3 Å². The summed E-state index contributed by atoms with van der Waals surface area (Å²) in [4.78, 5) is 7.95. The van der Waals surface area contributed by atoms with E-state index in [9.17, 15) is 0 Å². The second-order valence-corrected chi connectivity index (χ2v) is 4.91. The number of nitrogens with one attached hydrogen (secondary N) is 1. The van der Waals surface area contributed by atoms with Crippen LogP contribution in [0, 0.1) is 0 Å². The number of hydrogen-bond donors (Lipinski definition) is 1. The van der Waals surface area contributed by atoms with E-state index in [-0.39, 0.29) is 0 Å². The fourth-order valence-corrected chi connectivity index (χ4v) is 2.34. The minimum atomic E-state index is 0.841. The average Bonchev–Trinajstić information content (AvgIpc) is 2.95. The van der Waals surface area contributed by atoms with E-state index in [4.69, 9.17) is 9.47 Å². The summed E-state index contributed by atoms with van der Waals surface area (Å²) in [5.41, 5.74) is 3.26. The Morgan fingerprint density at radius 3 is 2.33 bits per heavy atom. The molecule has 0 radical (unpaired) electrons. The molecule has 1 heterocycles. The van der Waals surface area contributed by atoms with Crippen LogP contribution in [0.4, 0.5) is 0 Å². The van der Waals surface area contributed by atoms with E-state index in [2.05, 4.69) is 22.1 Å². The van der Waals surface area contributed by atoms with Gasteiger partial charge in [0.15, 0.2) is 0 Å². The van der Waals surface area contributed by atoms with Crippen LogP contribution in [-0.2, 0) is 12.8 Å². The summed E-state index contributed by atoms with van der Waals surface area (Å²) in [6, 6.07) is 14.0. The molecule has 3 aromatic rings. The molecule has 4 heteroatoms. The molecular formula is C17H18N2O2. The van der Waals surface area contributed by atoms with Crippen molar-refractivity contribution in [2.24, 2.45) is 0 Å². The molecule has 0 bridgehead atoms. The largest absolute Gasteiger partial charge is 0.497 e. The third kappa shape index (κ3) is 2.99. The molecule has 0 unspecified atom stereocenters. The van der Waals surface area contributed by atoms with Crippen molar-refractivity contribution >= 4 is 11.0 Å². The normalized spacial score (nSPS) is 10.8. The molecule has 0 saturated heterocycles. The fraction of sp³-hybridized carbons (Fsp3) is 0.235. The molecular weight excluding hydrogens is 264 g/mol. The predicted octanol–water partition coefficient (Wildman–Crippen LogP) is 3.37. The molecule has 0 saturated carbocycles.